The van der Waals surface area contributed by atoms with E-state index >= 15 is 0 Å². The van der Waals surface area contributed by atoms with E-state index in [1.807, 2.05) is 0 Å². The largest absolute Gasteiger partial charge is 0.478 e. The van der Waals surface area contributed by atoms with Crippen molar-refractivity contribution >= 4 is 37.4 Å². The Morgan fingerprint density at radius 3 is 1.97 bits per heavy atom. The molecule has 2 aromatic carbocycles. The molecule has 0 atom stereocenters. The Hall–Kier alpha value is -2.63. The van der Waals surface area contributed by atoms with Crippen molar-refractivity contribution in [1.29, 1.82) is 0 Å². The van der Waals surface area contributed by atoms with Gasteiger partial charge in [-0.15, -0.1) is 0 Å². The molecule has 11 heteroatoms. The summed E-state index contributed by atoms with van der Waals surface area (Å²) < 4.78 is 54.6. The van der Waals surface area contributed by atoms with Gasteiger partial charge in [-0.25, -0.2) is 21.6 Å². The lowest BCUT2D eigenvalue weighted by Gasteiger charge is -2.20. The quantitative estimate of drug-likeness (QED) is 0.543. The Morgan fingerprint density at radius 1 is 0.931 bits per heavy atom. The van der Waals surface area contributed by atoms with Crippen molar-refractivity contribution in [2.45, 2.75) is 23.6 Å². The molecule has 0 saturated heterocycles. The molecule has 0 radical (unpaired) electrons. The first-order valence-corrected chi connectivity index (χ1v) is 11.7. The lowest BCUT2D eigenvalue weighted by molar-refractivity contribution is 0.0696. The average molecular weight is 442 g/mol. The van der Waals surface area contributed by atoms with Gasteiger partial charge in [0.05, 0.1) is 26.7 Å². The third kappa shape index (κ3) is 4.86. The highest BCUT2D eigenvalue weighted by atomic mass is 32.2. The highest BCUT2D eigenvalue weighted by molar-refractivity contribution is 7.92. The van der Waals surface area contributed by atoms with Crippen molar-refractivity contribution in [3.05, 3.63) is 48.0 Å². The zero-order valence-electron chi connectivity index (χ0n) is 16.2. The molecule has 0 aliphatic carbocycles. The van der Waals surface area contributed by atoms with E-state index in [1.54, 1.807) is 20.9 Å². The third-order valence-corrected chi connectivity index (χ3v) is 7.69. The molecule has 0 spiro atoms. The normalized spacial score (nSPS) is 12.0. The van der Waals surface area contributed by atoms with Gasteiger partial charge in [-0.05, 0) is 42.5 Å². The zero-order valence-corrected chi connectivity index (χ0v) is 17.8. The fraction of sp³-hybridized carbons (Fsp3) is 0.278. The van der Waals surface area contributed by atoms with E-state index in [1.165, 1.54) is 46.8 Å². The number of carbonyl (C=O) groups is 1. The molecule has 158 valence electrons. The molecular weight excluding hydrogens is 418 g/mol. The van der Waals surface area contributed by atoms with Crippen LogP contribution in [0.25, 0.3) is 0 Å². The summed E-state index contributed by atoms with van der Waals surface area (Å²) in [6, 6.07) is 8.82. The van der Waals surface area contributed by atoms with Crippen LogP contribution in [0.5, 0.6) is 0 Å². The first-order chi connectivity index (χ1) is 13.6. The van der Waals surface area contributed by atoms with Gasteiger partial charge in [0, 0.05) is 20.1 Å². The predicted molar refractivity (Wildman–Crippen MR) is 110 cm³/mol. The molecule has 0 heterocycles. The van der Waals surface area contributed by atoms with E-state index in [4.69, 9.17) is 5.11 Å². The maximum atomic E-state index is 12.8. The number of sulfonamides is 2. The van der Waals surface area contributed by atoms with Crippen molar-refractivity contribution in [2.24, 2.45) is 0 Å². The summed E-state index contributed by atoms with van der Waals surface area (Å²) in [5.41, 5.74) is 0.393. The lowest BCUT2D eigenvalue weighted by atomic mass is 10.2. The van der Waals surface area contributed by atoms with Gasteiger partial charge in [0.25, 0.3) is 10.0 Å². The van der Waals surface area contributed by atoms with Crippen LogP contribution in [-0.4, -0.2) is 52.4 Å². The van der Waals surface area contributed by atoms with Crippen LogP contribution >= 0.6 is 0 Å². The van der Waals surface area contributed by atoms with Gasteiger partial charge in [-0.1, -0.05) is 13.8 Å². The fourth-order valence-electron chi connectivity index (χ4n) is 2.68. The number of carboxylic acids is 1. The Morgan fingerprint density at radius 2 is 1.48 bits per heavy atom. The van der Waals surface area contributed by atoms with Gasteiger partial charge in [-0.2, -0.15) is 4.31 Å². The molecule has 0 aliphatic heterocycles. The molecule has 0 saturated carbocycles. The number of nitrogens with one attached hydrogen (secondary N) is 2. The summed E-state index contributed by atoms with van der Waals surface area (Å²) in [5, 5.41) is 11.8. The average Bonchev–Trinajstić information content (AvgIpc) is 2.68. The van der Waals surface area contributed by atoms with Gasteiger partial charge < -0.3 is 10.4 Å². The van der Waals surface area contributed by atoms with Crippen molar-refractivity contribution in [1.82, 2.24) is 4.31 Å². The summed E-state index contributed by atoms with van der Waals surface area (Å²) >= 11 is 0. The Bertz CT molecular complexity index is 1090. The molecule has 2 aromatic rings. The number of aromatic carboxylic acids is 1. The summed E-state index contributed by atoms with van der Waals surface area (Å²) in [7, 11) is -6.28. The first kappa shape index (κ1) is 22.7. The minimum Gasteiger partial charge on any atom is -0.478 e. The van der Waals surface area contributed by atoms with Crippen molar-refractivity contribution in [3.8, 4) is 0 Å². The predicted octanol–water partition coefficient (Wildman–Crippen LogP) is 2.26. The molecule has 0 aliphatic rings. The van der Waals surface area contributed by atoms with Crippen LogP contribution in [0.4, 0.5) is 11.4 Å². The van der Waals surface area contributed by atoms with Crippen molar-refractivity contribution in [3.63, 3.8) is 0 Å². The molecule has 2 rings (SSSR count). The second kappa shape index (κ2) is 8.80. The van der Waals surface area contributed by atoms with Crippen LogP contribution in [0.1, 0.15) is 24.2 Å². The minimum absolute atomic E-state index is 0.0425. The van der Waals surface area contributed by atoms with Crippen molar-refractivity contribution in [2.75, 3.05) is 30.2 Å². The number of hydrogen-bond donors (Lipinski definition) is 3. The lowest BCUT2D eigenvalue weighted by Crippen LogP contribution is -2.30. The molecule has 0 aromatic heterocycles. The van der Waals surface area contributed by atoms with Gasteiger partial charge >= 0.3 is 5.97 Å². The molecule has 0 fully saturated rings. The maximum Gasteiger partial charge on any atom is 0.335 e. The Kier molecular flexibility index (Phi) is 6.88. The van der Waals surface area contributed by atoms with Gasteiger partial charge in [0.1, 0.15) is 0 Å². The number of rotatable bonds is 9. The van der Waals surface area contributed by atoms with Gasteiger partial charge in [0.15, 0.2) is 0 Å². The molecule has 9 nitrogen and oxygen atoms in total. The van der Waals surface area contributed by atoms with Crippen LogP contribution in [0.15, 0.2) is 52.3 Å². The molecule has 0 unspecified atom stereocenters. The van der Waals surface area contributed by atoms with E-state index in [2.05, 4.69) is 10.0 Å². The number of benzene rings is 2. The monoisotopic (exact) mass is 441 g/mol. The van der Waals surface area contributed by atoms with E-state index in [-0.39, 0.29) is 34.1 Å². The number of carboxylic acid groups (broad SMARTS) is 1. The van der Waals surface area contributed by atoms with E-state index in [0.717, 1.165) is 0 Å². The second-order valence-corrected chi connectivity index (χ2v) is 9.60. The van der Waals surface area contributed by atoms with Crippen LogP contribution in [0.3, 0.4) is 0 Å². The molecule has 29 heavy (non-hydrogen) atoms. The Balaban J connectivity index is 2.46. The summed E-state index contributed by atoms with van der Waals surface area (Å²) in [6.07, 6.45) is 0. The number of hydrogen-bond acceptors (Lipinski definition) is 6. The molecule has 3 N–H and O–H groups in total. The summed E-state index contributed by atoms with van der Waals surface area (Å²) in [6.45, 7) is 3.99. The van der Waals surface area contributed by atoms with Crippen LogP contribution in [-0.2, 0) is 20.0 Å². The van der Waals surface area contributed by atoms with Gasteiger partial charge in [0.2, 0.25) is 10.0 Å². The minimum atomic E-state index is -4.07. The van der Waals surface area contributed by atoms with Crippen LogP contribution in [0, 0.1) is 0 Å². The van der Waals surface area contributed by atoms with Crippen molar-refractivity contribution < 1.29 is 26.7 Å². The number of anilines is 2. The molecule has 0 bridgehead atoms. The maximum absolute atomic E-state index is 12.8. The SMILES string of the molecule is CCN(CC)S(=O)(=O)c1ccc(NC)c(NS(=O)(=O)c2ccc(C(=O)O)cc2)c1. The fourth-order valence-corrected chi connectivity index (χ4v) is 5.23. The molecular formula is C18H23N3O6S2. The smallest absolute Gasteiger partial charge is 0.335 e. The van der Waals surface area contributed by atoms with Gasteiger partial charge in [-0.3, -0.25) is 4.72 Å². The van der Waals surface area contributed by atoms with E-state index in [0.29, 0.717) is 5.69 Å². The second-order valence-electron chi connectivity index (χ2n) is 5.98. The Labute approximate surface area is 170 Å². The summed E-state index contributed by atoms with van der Waals surface area (Å²) in [4.78, 5) is 10.7. The van der Waals surface area contributed by atoms with Crippen LogP contribution < -0.4 is 10.0 Å². The van der Waals surface area contributed by atoms with E-state index < -0.39 is 26.0 Å². The summed E-state index contributed by atoms with van der Waals surface area (Å²) in [5.74, 6) is -1.17. The standard InChI is InChI=1S/C18H23N3O6S2/c1-4-21(5-2)29(26,27)15-10-11-16(19-3)17(12-15)20-28(24,25)14-8-6-13(7-9-14)18(22)23/h6-12,19-20H,4-5H2,1-3H3,(H,22,23). The third-order valence-electron chi connectivity index (χ3n) is 4.26. The van der Waals surface area contributed by atoms with Crippen LogP contribution in [0.2, 0.25) is 0 Å². The number of nitrogens with zero attached hydrogens (tertiary/aromatic N) is 1. The highest BCUT2D eigenvalue weighted by Gasteiger charge is 2.24. The zero-order chi connectivity index (χ0) is 21.8. The first-order valence-electron chi connectivity index (χ1n) is 8.75. The topological polar surface area (TPSA) is 133 Å². The highest BCUT2D eigenvalue weighted by Crippen LogP contribution is 2.29. The van der Waals surface area contributed by atoms with E-state index in [9.17, 15) is 21.6 Å². The molecule has 0 amide bonds.